The summed E-state index contributed by atoms with van der Waals surface area (Å²) in [5.41, 5.74) is 0. The summed E-state index contributed by atoms with van der Waals surface area (Å²) in [6.45, 7) is 3.69. The van der Waals surface area contributed by atoms with E-state index in [1.165, 1.54) is 0 Å². The molecular weight excluding hydrogens is 208 g/mol. The number of hydrogen-bond donors (Lipinski definition) is 2. The third-order valence-corrected chi connectivity index (χ3v) is 3.09. The summed E-state index contributed by atoms with van der Waals surface area (Å²) in [6, 6.07) is 0. The van der Waals surface area contributed by atoms with Gasteiger partial charge in [0.2, 0.25) is 5.91 Å². The van der Waals surface area contributed by atoms with E-state index in [0.29, 0.717) is 0 Å². The quantitative estimate of drug-likeness (QED) is 0.719. The fraction of sp³-hybridized carbons (Fsp3) is 0.818. The van der Waals surface area contributed by atoms with Crippen LogP contribution >= 0.6 is 0 Å². The highest BCUT2D eigenvalue weighted by molar-refractivity contribution is 5.79. The van der Waals surface area contributed by atoms with Gasteiger partial charge in [0.15, 0.2) is 0 Å². The number of nitrogens with zero attached hydrogens (tertiary/aromatic N) is 1. The second-order valence-corrected chi connectivity index (χ2v) is 4.56. The molecule has 92 valence electrons. The van der Waals surface area contributed by atoms with E-state index < -0.39 is 11.9 Å². The Morgan fingerprint density at radius 2 is 2.00 bits per heavy atom. The highest BCUT2D eigenvalue weighted by Gasteiger charge is 2.23. The molecule has 0 radical (unpaired) electrons. The standard InChI is InChI=1S/C11H20N2O3/c1-8(11(15)16)7-12-10(14)9-3-5-13(2)6-4-9/h8-9H,3-7H2,1-2H3,(H,12,14)(H,15,16). The van der Waals surface area contributed by atoms with Crippen LogP contribution in [0.4, 0.5) is 0 Å². The normalized spacial score (nSPS) is 20.4. The molecule has 5 nitrogen and oxygen atoms in total. The molecule has 1 saturated heterocycles. The van der Waals surface area contributed by atoms with Crippen LogP contribution < -0.4 is 5.32 Å². The van der Waals surface area contributed by atoms with Gasteiger partial charge in [0, 0.05) is 12.5 Å². The molecule has 0 aromatic rings. The van der Waals surface area contributed by atoms with Gasteiger partial charge in [-0.25, -0.2) is 0 Å². The molecule has 0 spiro atoms. The minimum absolute atomic E-state index is 0.00111. The number of carbonyl (C=O) groups is 2. The van der Waals surface area contributed by atoms with Crippen LogP contribution in [0.1, 0.15) is 19.8 Å². The smallest absolute Gasteiger partial charge is 0.308 e. The SMILES string of the molecule is CC(CNC(=O)C1CCN(C)CC1)C(=O)O. The van der Waals surface area contributed by atoms with E-state index in [0.717, 1.165) is 25.9 Å². The lowest BCUT2D eigenvalue weighted by molar-refractivity contribution is -0.141. The molecule has 5 heteroatoms. The van der Waals surface area contributed by atoms with Gasteiger partial charge in [-0.05, 0) is 33.0 Å². The van der Waals surface area contributed by atoms with Gasteiger partial charge in [-0.15, -0.1) is 0 Å². The summed E-state index contributed by atoms with van der Waals surface area (Å²) in [5, 5.41) is 11.4. The Labute approximate surface area is 95.8 Å². The maximum atomic E-state index is 11.7. The first-order valence-electron chi connectivity index (χ1n) is 5.69. The number of carbonyl (C=O) groups excluding carboxylic acids is 1. The number of likely N-dealkylation sites (tertiary alicyclic amines) is 1. The monoisotopic (exact) mass is 228 g/mol. The molecule has 2 N–H and O–H groups in total. The van der Waals surface area contributed by atoms with E-state index >= 15 is 0 Å². The third-order valence-electron chi connectivity index (χ3n) is 3.09. The maximum Gasteiger partial charge on any atom is 0.308 e. The van der Waals surface area contributed by atoms with Gasteiger partial charge < -0.3 is 15.3 Å². The third kappa shape index (κ3) is 3.81. The zero-order chi connectivity index (χ0) is 12.1. The van der Waals surface area contributed by atoms with Crippen molar-refractivity contribution in [3.8, 4) is 0 Å². The Bertz CT molecular complexity index is 260. The molecule has 1 aliphatic heterocycles. The van der Waals surface area contributed by atoms with Gasteiger partial charge in [0.25, 0.3) is 0 Å². The molecule has 0 saturated carbocycles. The van der Waals surface area contributed by atoms with Crippen LogP contribution in [0.3, 0.4) is 0 Å². The molecule has 1 amide bonds. The summed E-state index contributed by atoms with van der Waals surface area (Å²) >= 11 is 0. The lowest BCUT2D eigenvalue weighted by Crippen LogP contribution is -2.41. The first-order chi connectivity index (χ1) is 7.50. The lowest BCUT2D eigenvalue weighted by Gasteiger charge is -2.28. The Morgan fingerprint density at radius 3 is 2.50 bits per heavy atom. The van der Waals surface area contributed by atoms with E-state index in [-0.39, 0.29) is 18.4 Å². The van der Waals surface area contributed by atoms with Gasteiger partial charge in [0.1, 0.15) is 0 Å². The van der Waals surface area contributed by atoms with Crippen molar-refractivity contribution in [3.05, 3.63) is 0 Å². The van der Waals surface area contributed by atoms with Crippen LogP contribution in [-0.4, -0.2) is 48.6 Å². The van der Waals surface area contributed by atoms with Gasteiger partial charge in [-0.3, -0.25) is 9.59 Å². The molecule has 0 aromatic heterocycles. The first kappa shape index (κ1) is 13.0. The van der Waals surface area contributed by atoms with Gasteiger partial charge in [-0.2, -0.15) is 0 Å². The Balaban J connectivity index is 2.27. The van der Waals surface area contributed by atoms with Crippen molar-refractivity contribution in [1.29, 1.82) is 0 Å². The van der Waals surface area contributed by atoms with E-state index in [9.17, 15) is 9.59 Å². The van der Waals surface area contributed by atoms with Crippen molar-refractivity contribution in [3.63, 3.8) is 0 Å². The molecule has 1 atom stereocenters. The number of hydrogen-bond acceptors (Lipinski definition) is 3. The molecule has 0 bridgehead atoms. The summed E-state index contributed by atoms with van der Waals surface area (Å²) in [7, 11) is 2.04. The highest BCUT2D eigenvalue weighted by atomic mass is 16.4. The van der Waals surface area contributed by atoms with Gasteiger partial charge in [-0.1, -0.05) is 6.92 Å². The van der Waals surface area contributed by atoms with Crippen LogP contribution in [0.5, 0.6) is 0 Å². The molecule has 1 unspecified atom stereocenters. The van der Waals surface area contributed by atoms with Gasteiger partial charge in [0.05, 0.1) is 5.92 Å². The predicted molar refractivity (Wildman–Crippen MR) is 60.0 cm³/mol. The average Bonchev–Trinajstić information content (AvgIpc) is 2.26. The van der Waals surface area contributed by atoms with Crippen molar-refractivity contribution < 1.29 is 14.7 Å². The van der Waals surface area contributed by atoms with E-state index in [1.807, 2.05) is 7.05 Å². The van der Waals surface area contributed by atoms with Crippen molar-refractivity contribution >= 4 is 11.9 Å². The fourth-order valence-electron chi connectivity index (χ4n) is 1.76. The van der Waals surface area contributed by atoms with E-state index in [2.05, 4.69) is 10.2 Å². The molecule has 1 rings (SSSR count). The minimum Gasteiger partial charge on any atom is -0.481 e. The van der Waals surface area contributed by atoms with Crippen molar-refractivity contribution in [1.82, 2.24) is 10.2 Å². The largest absolute Gasteiger partial charge is 0.481 e. The van der Waals surface area contributed by atoms with Crippen molar-refractivity contribution in [2.75, 3.05) is 26.7 Å². The number of rotatable bonds is 4. The Hall–Kier alpha value is -1.10. The second kappa shape index (κ2) is 5.84. The molecule has 1 fully saturated rings. The zero-order valence-corrected chi connectivity index (χ0v) is 9.90. The zero-order valence-electron chi connectivity index (χ0n) is 9.90. The minimum atomic E-state index is -0.872. The highest BCUT2D eigenvalue weighted by Crippen LogP contribution is 2.15. The number of piperidine rings is 1. The van der Waals surface area contributed by atoms with Crippen LogP contribution in [0.15, 0.2) is 0 Å². The number of carboxylic acid groups (broad SMARTS) is 1. The van der Waals surface area contributed by atoms with E-state index in [1.54, 1.807) is 6.92 Å². The number of nitrogens with one attached hydrogen (secondary N) is 1. The fourth-order valence-corrected chi connectivity index (χ4v) is 1.76. The van der Waals surface area contributed by atoms with E-state index in [4.69, 9.17) is 5.11 Å². The van der Waals surface area contributed by atoms with Crippen LogP contribution in [0, 0.1) is 11.8 Å². The van der Waals surface area contributed by atoms with Crippen LogP contribution in [0.2, 0.25) is 0 Å². The summed E-state index contributed by atoms with van der Waals surface area (Å²) < 4.78 is 0. The molecule has 0 aromatic carbocycles. The first-order valence-corrected chi connectivity index (χ1v) is 5.69. The maximum absolute atomic E-state index is 11.7. The van der Waals surface area contributed by atoms with Crippen molar-refractivity contribution in [2.45, 2.75) is 19.8 Å². The number of carboxylic acids is 1. The number of aliphatic carboxylic acids is 1. The molecule has 16 heavy (non-hydrogen) atoms. The number of amides is 1. The molecular formula is C11H20N2O3. The summed E-state index contributed by atoms with van der Waals surface area (Å²) in [5.74, 6) is -1.34. The predicted octanol–water partition coefficient (Wildman–Crippen LogP) is 0.165. The Kier molecular flexibility index (Phi) is 4.73. The van der Waals surface area contributed by atoms with Crippen molar-refractivity contribution in [2.24, 2.45) is 11.8 Å². The Morgan fingerprint density at radius 1 is 1.44 bits per heavy atom. The van der Waals surface area contributed by atoms with Crippen LogP contribution in [-0.2, 0) is 9.59 Å². The lowest BCUT2D eigenvalue weighted by atomic mass is 9.96. The summed E-state index contributed by atoms with van der Waals surface area (Å²) in [4.78, 5) is 24.5. The summed E-state index contributed by atoms with van der Waals surface area (Å²) in [6.07, 6.45) is 1.73. The average molecular weight is 228 g/mol. The molecule has 1 aliphatic rings. The van der Waals surface area contributed by atoms with Gasteiger partial charge >= 0.3 is 5.97 Å². The van der Waals surface area contributed by atoms with Crippen LogP contribution in [0.25, 0.3) is 0 Å². The second-order valence-electron chi connectivity index (χ2n) is 4.56. The topological polar surface area (TPSA) is 69.6 Å². The molecule has 1 heterocycles. The molecule has 0 aliphatic carbocycles.